The van der Waals surface area contributed by atoms with Crippen LogP contribution in [0.15, 0.2) is 79.1 Å². The minimum atomic E-state index is -0.488. The number of para-hydroxylation sites is 1. The smallest absolute Gasteiger partial charge is 0.308 e. The average molecular weight is 465 g/mol. The number of halogens is 1. The molecule has 1 aromatic heterocycles. The summed E-state index contributed by atoms with van der Waals surface area (Å²) >= 11 is 0. The van der Waals surface area contributed by atoms with Crippen molar-refractivity contribution in [2.24, 2.45) is 0 Å². The van der Waals surface area contributed by atoms with Gasteiger partial charge in [-0.3, -0.25) is 15.0 Å². The van der Waals surface area contributed by atoms with Crippen molar-refractivity contribution in [3.05, 3.63) is 84.7 Å². The first-order valence-corrected chi connectivity index (χ1v) is 9.79. The number of fused-ring (bicyclic) bond motifs is 1. The molecule has 0 unspecified atom stereocenters. The van der Waals surface area contributed by atoms with E-state index in [0.29, 0.717) is 33.7 Å². The Hall–Kier alpha value is -4.17. The lowest BCUT2D eigenvalue weighted by Gasteiger charge is -2.25. The third kappa shape index (κ3) is 5.19. The summed E-state index contributed by atoms with van der Waals surface area (Å²) in [6.07, 6.45) is 1.40. The van der Waals surface area contributed by atoms with E-state index in [1.807, 2.05) is 36.4 Å². The maximum Gasteiger partial charge on any atom is 0.308 e. The summed E-state index contributed by atoms with van der Waals surface area (Å²) in [6.45, 7) is 1.31. The lowest BCUT2D eigenvalue weighted by Crippen LogP contribution is -2.39. The van der Waals surface area contributed by atoms with Gasteiger partial charge in [0.1, 0.15) is 6.33 Å². The number of rotatable bonds is 6. The Labute approximate surface area is 196 Å². The van der Waals surface area contributed by atoms with E-state index in [4.69, 9.17) is 9.47 Å². The Bertz CT molecular complexity index is 1270. The number of amides is 1. The van der Waals surface area contributed by atoms with Crippen molar-refractivity contribution in [3.63, 3.8) is 0 Å². The Balaban J connectivity index is 0.00000306. The third-order valence-corrected chi connectivity index (χ3v) is 4.63. The van der Waals surface area contributed by atoms with Gasteiger partial charge < -0.3 is 9.47 Å². The van der Waals surface area contributed by atoms with E-state index in [1.54, 1.807) is 41.4 Å². The van der Waals surface area contributed by atoms with Gasteiger partial charge in [0.15, 0.2) is 17.3 Å². The molecule has 3 aromatic carbocycles. The second-order valence-corrected chi connectivity index (χ2v) is 6.79. The van der Waals surface area contributed by atoms with Crippen LogP contribution in [0.3, 0.4) is 0 Å². The van der Waals surface area contributed by atoms with Crippen LogP contribution in [-0.4, -0.2) is 29.0 Å². The number of hydrogen-bond donors (Lipinski definition) is 1. The van der Waals surface area contributed by atoms with Crippen molar-refractivity contribution in [1.82, 2.24) is 15.4 Å². The Kier molecular flexibility index (Phi) is 7.42. The van der Waals surface area contributed by atoms with Crippen LogP contribution >= 0.6 is 12.4 Å². The maximum atomic E-state index is 13.0. The molecule has 1 heterocycles. The first-order valence-electron chi connectivity index (χ1n) is 9.79. The van der Waals surface area contributed by atoms with Gasteiger partial charge in [-0.1, -0.05) is 36.4 Å². The highest BCUT2D eigenvalue weighted by Crippen LogP contribution is 2.36. The summed E-state index contributed by atoms with van der Waals surface area (Å²) in [7, 11) is 1.48. The van der Waals surface area contributed by atoms with Crippen molar-refractivity contribution in [2.75, 3.05) is 12.1 Å². The van der Waals surface area contributed by atoms with Gasteiger partial charge in [-0.05, 0) is 30.3 Å². The number of anilines is 2. The van der Waals surface area contributed by atoms with E-state index in [0.717, 1.165) is 0 Å². The largest absolute Gasteiger partial charge is 0.493 e. The van der Waals surface area contributed by atoms with Crippen LogP contribution < -0.4 is 19.9 Å². The number of esters is 1. The number of ether oxygens (including phenoxy) is 2. The molecule has 9 heteroatoms. The fourth-order valence-electron chi connectivity index (χ4n) is 3.20. The second kappa shape index (κ2) is 10.4. The minimum absolute atomic E-state index is 0. The van der Waals surface area contributed by atoms with Gasteiger partial charge in [0.2, 0.25) is 0 Å². The highest BCUT2D eigenvalue weighted by Gasteiger charge is 2.20. The fourth-order valence-corrected chi connectivity index (χ4v) is 3.20. The van der Waals surface area contributed by atoms with Crippen molar-refractivity contribution in [1.29, 1.82) is 0 Å². The van der Waals surface area contributed by atoms with E-state index < -0.39 is 5.97 Å². The number of hydrogen-bond acceptors (Lipinski definition) is 7. The zero-order chi connectivity index (χ0) is 22.5. The number of nitrogens with zero attached hydrogens (tertiary/aromatic N) is 3. The molecule has 0 atom stereocenters. The third-order valence-electron chi connectivity index (χ3n) is 4.63. The average Bonchev–Trinajstić information content (AvgIpc) is 2.82. The number of aromatic nitrogens is 2. The Morgan fingerprint density at radius 3 is 2.21 bits per heavy atom. The highest BCUT2D eigenvalue weighted by atomic mass is 35.5. The standard InChI is InChI=1S/C24H20N4O4.ClH/c1-16(29)32-22-13-19-20(14-21(22)31-2)25-15-26-23(19)28(18-11-7-4-8-12-18)27-24(30)17-9-5-3-6-10-17;/h3-15H,1-2H3,(H,27,30);1H. The van der Waals surface area contributed by atoms with Crippen LogP contribution in [0, 0.1) is 0 Å². The molecule has 0 bridgehead atoms. The van der Waals surface area contributed by atoms with Gasteiger partial charge in [-0.15, -0.1) is 12.4 Å². The highest BCUT2D eigenvalue weighted by molar-refractivity contribution is 5.99. The van der Waals surface area contributed by atoms with E-state index >= 15 is 0 Å². The molecule has 8 nitrogen and oxygen atoms in total. The van der Waals surface area contributed by atoms with Gasteiger partial charge in [-0.25, -0.2) is 15.0 Å². The van der Waals surface area contributed by atoms with E-state index in [9.17, 15) is 9.59 Å². The van der Waals surface area contributed by atoms with Gasteiger partial charge in [0.05, 0.1) is 18.3 Å². The quantitative estimate of drug-likeness (QED) is 0.255. The van der Waals surface area contributed by atoms with Crippen molar-refractivity contribution >= 4 is 46.7 Å². The lowest BCUT2D eigenvalue weighted by atomic mass is 10.2. The van der Waals surface area contributed by atoms with Crippen LogP contribution in [0.2, 0.25) is 0 Å². The summed E-state index contributed by atoms with van der Waals surface area (Å²) in [6, 6.07) is 21.4. The minimum Gasteiger partial charge on any atom is -0.493 e. The zero-order valence-corrected chi connectivity index (χ0v) is 18.7. The van der Waals surface area contributed by atoms with E-state index in [2.05, 4.69) is 15.4 Å². The Morgan fingerprint density at radius 1 is 0.909 bits per heavy atom. The second-order valence-electron chi connectivity index (χ2n) is 6.79. The summed E-state index contributed by atoms with van der Waals surface area (Å²) < 4.78 is 10.7. The summed E-state index contributed by atoms with van der Waals surface area (Å²) in [5, 5.41) is 2.13. The monoisotopic (exact) mass is 464 g/mol. The van der Waals surface area contributed by atoms with Crippen LogP contribution in [0.4, 0.5) is 11.5 Å². The molecule has 0 saturated heterocycles. The van der Waals surface area contributed by atoms with Crippen molar-refractivity contribution < 1.29 is 19.1 Å². The molecular weight excluding hydrogens is 444 g/mol. The first kappa shape index (κ1) is 23.5. The maximum absolute atomic E-state index is 13.0. The molecule has 0 aliphatic heterocycles. The molecule has 0 spiro atoms. The molecule has 1 N–H and O–H groups in total. The summed E-state index contributed by atoms with van der Waals surface area (Å²) in [5.74, 6) is 0.192. The topological polar surface area (TPSA) is 93.7 Å². The predicted octanol–water partition coefficient (Wildman–Crippen LogP) is 4.47. The number of benzene rings is 3. The number of carbonyl (C=O) groups is 2. The fraction of sp³-hybridized carbons (Fsp3) is 0.0833. The predicted molar refractivity (Wildman–Crippen MR) is 127 cm³/mol. The molecule has 4 aromatic rings. The molecule has 0 radical (unpaired) electrons. The van der Waals surface area contributed by atoms with Gasteiger partial charge in [-0.2, -0.15) is 0 Å². The molecular formula is C24H21ClN4O4. The molecule has 0 fully saturated rings. The molecule has 1 amide bonds. The zero-order valence-electron chi connectivity index (χ0n) is 17.9. The van der Waals surface area contributed by atoms with Crippen LogP contribution in [0.25, 0.3) is 10.9 Å². The van der Waals surface area contributed by atoms with Gasteiger partial charge in [0.25, 0.3) is 5.91 Å². The molecule has 0 saturated carbocycles. The molecule has 168 valence electrons. The number of carbonyl (C=O) groups excluding carboxylic acids is 2. The normalized spacial score (nSPS) is 10.1. The Morgan fingerprint density at radius 2 is 1.58 bits per heavy atom. The van der Waals surface area contributed by atoms with Crippen molar-refractivity contribution in [3.8, 4) is 11.5 Å². The van der Waals surface area contributed by atoms with Gasteiger partial charge >= 0.3 is 5.97 Å². The van der Waals surface area contributed by atoms with Crippen LogP contribution in [-0.2, 0) is 4.79 Å². The number of methoxy groups -OCH3 is 1. The SMILES string of the molecule is COc1cc2ncnc(N(NC(=O)c3ccccc3)c3ccccc3)c2cc1OC(C)=O.Cl. The molecule has 0 aliphatic rings. The first-order chi connectivity index (χ1) is 15.6. The number of nitrogens with one attached hydrogen (secondary N) is 1. The van der Waals surface area contributed by atoms with E-state index in [-0.39, 0.29) is 24.1 Å². The van der Waals surface area contributed by atoms with Crippen LogP contribution in [0.1, 0.15) is 17.3 Å². The van der Waals surface area contributed by atoms with Crippen LogP contribution in [0.5, 0.6) is 11.5 Å². The number of hydrazine groups is 1. The summed E-state index contributed by atoms with van der Waals surface area (Å²) in [5.41, 5.74) is 4.64. The van der Waals surface area contributed by atoms with E-state index in [1.165, 1.54) is 20.4 Å². The van der Waals surface area contributed by atoms with Crippen molar-refractivity contribution in [2.45, 2.75) is 6.92 Å². The summed E-state index contributed by atoms with van der Waals surface area (Å²) in [4.78, 5) is 33.3. The molecule has 4 rings (SSSR count). The molecule has 33 heavy (non-hydrogen) atoms. The lowest BCUT2D eigenvalue weighted by molar-refractivity contribution is -0.132. The molecule has 0 aliphatic carbocycles. The van der Waals surface area contributed by atoms with Gasteiger partial charge in [0, 0.05) is 23.9 Å².